The van der Waals surface area contributed by atoms with Crippen molar-refractivity contribution in [2.75, 3.05) is 13.1 Å². The normalized spacial score (nSPS) is 24.5. The Morgan fingerprint density at radius 3 is 2.59 bits per heavy atom. The Kier molecular flexibility index (Phi) is 4.59. The minimum absolute atomic E-state index is 0.226. The van der Waals surface area contributed by atoms with Crippen molar-refractivity contribution in [1.29, 1.82) is 0 Å². The molecule has 0 bridgehead atoms. The third-order valence-electron chi connectivity index (χ3n) is 4.52. The van der Waals surface area contributed by atoms with E-state index in [9.17, 15) is 8.42 Å². The predicted octanol–water partition coefficient (Wildman–Crippen LogP) is 2.76. The quantitative estimate of drug-likeness (QED) is 0.866. The van der Waals surface area contributed by atoms with E-state index in [1.807, 2.05) is 0 Å². The van der Waals surface area contributed by atoms with Gasteiger partial charge in [-0.3, -0.25) is 0 Å². The van der Waals surface area contributed by atoms with E-state index in [1.165, 1.54) is 5.41 Å². The van der Waals surface area contributed by atoms with Gasteiger partial charge in [-0.05, 0) is 68.5 Å². The molecule has 1 aliphatic carbocycles. The number of halogens is 1. The summed E-state index contributed by atoms with van der Waals surface area (Å²) in [7, 11) is -3.43. The standard InChI is InChI=1S/C16H21ClN2O2S/c17-15-5-3-13(4-6-15)7-11-22(20,21)19-16(8-9-16)14-2-1-10-18-12-14/h3-7,11,14,18-19H,1-2,8-10,12H2/b11-7+. The van der Waals surface area contributed by atoms with E-state index >= 15 is 0 Å². The first-order valence-electron chi connectivity index (χ1n) is 7.67. The lowest BCUT2D eigenvalue weighted by atomic mass is 9.90. The van der Waals surface area contributed by atoms with Gasteiger partial charge in [0.25, 0.3) is 0 Å². The van der Waals surface area contributed by atoms with Crippen LogP contribution in [0, 0.1) is 5.92 Å². The Balaban J connectivity index is 1.67. The van der Waals surface area contributed by atoms with E-state index in [0.29, 0.717) is 10.9 Å². The van der Waals surface area contributed by atoms with Crippen LogP contribution < -0.4 is 10.0 Å². The first kappa shape index (κ1) is 16.0. The summed E-state index contributed by atoms with van der Waals surface area (Å²) in [5.74, 6) is 0.403. The SMILES string of the molecule is O=S(=O)(/C=C/c1ccc(Cl)cc1)NC1(C2CCCNC2)CC1. The molecule has 2 fully saturated rings. The second kappa shape index (κ2) is 6.32. The number of hydrogen-bond donors (Lipinski definition) is 2. The number of sulfonamides is 1. The first-order valence-corrected chi connectivity index (χ1v) is 9.60. The average Bonchev–Trinajstić information content (AvgIpc) is 3.28. The van der Waals surface area contributed by atoms with Gasteiger partial charge in [-0.15, -0.1) is 0 Å². The third-order valence-corrected chi connectivity index (χ3v) is 5.96. The minimum atomic E-state index is -3.43. The lowest BCUT2D eigenvalue weighted by Crippen LogP contribution is -2.47. The van der Waals surface area contributed by atoms with Crippen molar-refractivity contribution in [3.8, 4) is 0 Å². The fraction of sp³-hybridized carbons (Fsp3) is 0.500. The van der Waals surface area contributed by atoms with Crippen molar-refractivity contribution in [2.24, 2.45) is 5.92 Å². The molecule has 120 valence electrons. The molecule has 2 aliphatic rings. The molecule has 22 heavy (non-hydrogen) atoms. The number of nitrogens with one attached hydrogen (secondary N) is 2. The van der Waals surface area contributed by atoms with Gasteiger partial charge in [-0.1, -0.05) is 23.7 Å². The number of hydrogen-bond acceptors (Lipinski definition) is 3. The zero-order chi connectivity index (χ0) is 15.6. The summed E-state index contributed by atoms with van der Waals surface area (Å²) in [5.41, 5.74) is 0.593. The average molecular weight is 341 g/mol. The zero-order valence-corrected chi connectivity index (χ0v) is 14.0. The van der Waals surface area contributed by atoms with Crippen molar-refractivity contribution in [1.82, 2.24) is 10.0 Å². The Morgan fingerprint density at radius 1 is 1.27 bits per heavy atom. The molecule has 0 radical (unpaired) electrons. The summed E-state index contributed by atoms with van der Waals surface area (Å²) >= 11 is 5.82. The molecule has 2 N–H and O–H groups in total. The maximum Gasteiger partial charge on any atom is 0.234 e. The lowest BCUT2D eigenvalue weighted by molar-refractivity contribution is 0.293. The molecular weight excluding hydrogens is 320 g/mol. The van der Waals surface area contributed by atoms with Crippen molar-refractivity contribution in [3.63, 3.8) is 0 Å². The van der Waals surface area contributed by atoms with Gasteiger partial charge in [-0.25, -0.2) is 13.1 Å². The topological polar surface area (TPSA) is 58.2 Å². The van der Waals surface area contributed by atoms with Crippen LogP contribution in [0.4, 0.5) is 0 Å². The summed E-state index contributed by atoms with van der Waals surface area (Å²) in [6.07, 6.45) is 5.69. The molecule has 6 heteroatoms. The van der Waals surface area contributed by atoms with Crippen LogP contribution in [-0.2, 0) is 10.0 Å². The van der Waals surface area contributed by atoms with Gasteiger partial charge in [-0.2, -0.15) is 0 Å². The molecule has 4 nitrogen and oxygen atoms in total. The molecule has 0 spiro atoms. The van der Waals surface area contributed by atoms with Gasteiger partial charge in [0.05, 0.1) is 0 Å². The van der Waals surface area contributed by atoms with E-state index in [2.05, 4.69) is 10.0 Å². The fourth-order valence-corrected chi connectivity index (χ4v) is 4.58. The molecule has 1 aromatic rings. The maximum atomic E-state index is 12.3. The van der Waals surface area contributed by atoms with Crippen LogP contribution in [0.3, 0.4) is 0 Å². The van der Waals surface area contributed by atoms with E-state index in [-0.39, 0.29) is 5.54 Å². The van der Waals surface area contributed by atoms with Crippen molar-refractivity contribution in [2.45, 2.75) is 31.2 Å². The van der Waals surface area contributed by atoms with E-state index in [0.717, 1.165) is 44.3 Å². The summed E-state index contributed by atoms with van der Waals surface area (Å²) in [6.45, 7) is 1.94. The smallest absolute Gasteiger partial charge is 0.234 e. The number of piperidine rings is 1. The highest BCUT2D eigenvalue weighted by molar-refractivity contribution is 7.92. The highest BCUT2D eigenvalue weighted by atomic mass is 35.5. The van der Waals surface area contributed by atoms with Gasteiger partial charge in [0, 0.05) is 16.0 Å². The van der Waals surface area contributed by atoms with Gasteiger partial charge in [0.15, 0.2) is 0 Å². The fourth-order valence-electron chi connectivity index (χ4n) is 3.11. The lowest BCUT2D eigenvalue weighted by Gasteiger charge is -2.31. The van der Waals surface area contributed by atoms with Crippen LogP contribution in [0.15, 0.2) is 29.7 Å². The van der Waals surface area contributed by atoms with Crippen LogP contribution in [0.1, 0.15) is 31.2 Å². The van der Waals surface area contributed by atoms with Crippen LogP contribution in [-0.4, -0.2) is 27.0 Å². The number of rotatable bonds is 5. The van der Waals surface area contributed by atoms with Gasteiger partial charge in [0.2, 0.25) is 10.0 Å². The molecule has 1 saturated heterocycles. The molecular formula is C16H21ClN2O2S. The highest BCUT2D eigenvalue weighted by Crippen LogP contribution is 2.45. The van der Waals surface area contributed by atoms with Crippen LogP contribution >= 0.6 is 11.6 Å². The van der Waals surface area contributed by atoms with Gasteiger partial charge < -0.3 is 5.32 Å². The van der Waals surface area contributed by atoms with Crippen LogP contribution in [0.5, 0.6) is 0 Å². The highest BCUT2D eigenvalue weighted by Gasteiger charge is 2.51. The molecule has 1 unspecified atom stereocenters. The van der Waals surface area contributed by atoms with E-state index in [4.69, 9.17) is 11.6 Å². The van der Waals surface area contributed by atoms with E-state index in [1.54, 1.807) is 30.3 Å². The predicted molar refractivity (Wildman–Crippen MR) is 90.1 cm³/mol. The molecule has 1 atom stereocenters. The van der Waals surface area contributed by atoms with Crippen molar-refractivity contribution < 1.29 is 8.42 Å². The summed E-state index contributed by atoms with van der Waals surface area (Å²) < 4.78 is 27.6. The Labute approximate surface area is 137 Å². The third kappa shape index (κ3) is 3.90. The van der Waals surface area contributed by atoms with E-state index < -0.39 is 10.0 Å². The summed E-state index contributed by atoms with van der Waals surface area (Å²) in [4.78, 5) is 0. The largest absolute Gasteiger partial charge is 0.316 e. The molecule has 0 aromatic heterocycles. The molecule has 1 aromatic carbocycles. The maximum absolute atomic E-state index is 12.3. The first-order chi connectivity index (χ1) is 10.5. The van der Waals surface area contributed by atoms with Crippen molar-refractivity contribution >= 4 is 27.7 Å². The van der Waals surface area contributed by atoms with Crippen molar-refractivity contribution in [3.05, 3.63) is 40.3 Å². The molecule has 0 amide bonds. The molecule has 1 aliphatic heterocycles. The zero-order valence-electron chi connectivity index (χ0n) is 12.4. The monoisotopic (exact) mass is 340 g/mol. The Hall–Kier alpha value is -0.880. The van der Waals surface area contributed by atoms with Crippen LogP contribution in [0.2, 0.25) is 5.02 Å². The molecule has 1 saturated carbocycles. The second-order valence-electron chi connectivity index (χ2n) is 6.20. The minimum Gasteiger partial charge on any atom is -0.316 e. The number of benzene rings is 1. The molecule has 1 heterocycles. The second-order valence-corrected chi connectivity index (χ2v) is 8.20. The summed E-state index contributed by atoms with van der Waals surface area (Å²) in [6, 6.07) is 7.09. The molecule has 3 rings (SSSR count). The Morgan fingerprint density at radius 2 is 2.00 bits per heavy atom. The van der Waals surface area contributed by atoms with Gasteiger partial charge in [0.1, 0.15) is 0 Å². The van der Waals surface area contributed by atoms with Crippen LogP contribution in [0.25, 0.3) is 6.08 Å². The Bertz CT molecular complexity index is 645. The summed E-state index contributed by atoms with van der Waals surface area (Å²) in [5, 5.41) is 5.26. The van der Waals surface area contributed by atoms with Gasteiger partial charge >= 0.3 is 0 Å².